The summed E-state index contributed by atoms with van der Waals surface area (Å²) >= 11 is 0. The number of nitrogens with zero attached hydrogens (tertiary/aromatic N) is 2. The molecule has 2 aromatic rings. The number of carbonyl (C=O) groups is 2. The molecule has 2 amide bonds. The molecule has 30 heavy (non-hydrogen) atoms. The van der Waals surface area contributed by atoms with Crippen LogP contribution < -0.4 is 5.32 Å². The van der Waals surface area contributed by atoms with Crippen LogP contribution in [0, 0.1) is 12.7 Å². The number of likely N-dealkylation sites (tertiary alicyclic amines) is 1. The maximum Gasteiger partial charge on any atom is 0.267 e. The number of likely N-dealkylation sites (N-methyl/N-ethyl adjacent to an activating group) is 1. The summed E-state index contributed by atoms with van der Waals surface area (Å²) < 4.78 is 14.1. The van der Waals surface area contributed by atoms with Crippen molar-refractivity contribution < 1.29 is 14.0 Å². The number of fused-ring (bicyclic) bond motifs is 1. The maximum absolute atomic E-state index is 14.1. The van der Waals surface area contributed by atoms with Crippen molar-refractivity contribution in [3.8, 4) is 0 Å². The Labute approximate surface area is 176 Å². The lowest BCUT2D eigenvalue weighted by Gasteiger charge is -2.36. The summed E-state index contributed by atoms with van der Waals surface area (Å²) in [5, 5.41) is 3.61. The van der Waals surface area contributed by atoms with Crippen LogP contribution in [0.5, 0.6) is 0 Å². The number of nitrogens with one attached hydrogen (secondary N) is 2. The van der Waals surface area contributed by atoms with Gasteiger partial charge in [0.1, 0.15) is 11.5 Å². The first-order chi connectivity index (χ1) is 14.3. The Morgan fingerprint density at radius 3 is 2.80 bits per heavy atom. The Hall–Kier alpha value is -2.41. The van der Waals surface area contributed by atoms with Crippen LogP contribution >= 0.6 is 0 Å². The Kier molecular flexibility index (Phi) is 5.82. The van der Waals surface area contributed by atoms with Crippen LogP contribution in [0.15, 0.2) is 18.2 Å². The summed E-state index contributed by atoms with van der Waals surface area (Å²) in [6, 6.07) is 5.58. The molecular formula is C23H31FN4O2. The highest BCUT2D eigenvalue weighted by atomic mass is 19.1. The minimum absolute atomic E-state index is 0.109. The first-order valence-electron chi connectivity index (χ1n) is 10.9. The molecule has 0 bridgehead atoms. The molecule has 4 rings (SSSR count). The molecule has 162 valence electrons. The van der Waals surface area contributed by atoms with Gasteiger partial charge in [0.15, 0.2) is 0 Å². The number of benzene rings is 1. The predicted octanol–water partition coefficient (Wildman–Crippen LogP) is 3.21. The first kappa shape index (κ1) is 20.8. The molecule has 0 spiro atoms. The molecule has 1 saturated heterocycles. The summed E-state index contributed by atoms with van der Waals surface area (Å²) in [7, 11) is 1.88. The van der Waals surface area contributed by atoms with Crippen LogP contribution in [0.25, 0.3) is 10.9 Å². The third-order valence-electron chi connectivity index (χ3n) is 6.93. The van der Waals surface area contributed by atoms with Crippen molar-refractivity contribution in [3.05, 3.63) is 35.3 Å². The molecule has 7 heteroatoms. The summed E-state index contributed by atoms with van der Waals surface area (Å²) in [4.78, 5) is 31.9. The molecule has 2 N–H and O–H groups in total. The highest BCUT2D eigenvalue weighted by molar-refractivity contribution is 5.99. The first-order valence-corrected chi connectivity index (χ1v) is 10.9. The van der Waals surface area contributed by atoms with Gasteiger partial charge in [-0.3, -0.25) is 14.5 Å². The number of hydrogen-bond donors (Lipinski definition) is 2. The number of rotatable bonds is 4. The number of aromatic amines is 1. The molecule has 1 aliphatic heterocycles. The standard InChI is InChI=1S/C23H31FN4O2/c1-14-7-8-20(24)19-12-21(26-22(14)19)23(30)25-16-5-4-6-17(11-16)28-10-9-18(13-28)27(3)15(2)29/h7-8,12,16-18,26H,4-6,9-11,13H2,1-3H3,(H,25,30)/t16-,17+,18+/m1/s1. The summed E-state index contributed by atoms with van der Waals surface area (Å²) in [5.41, 5.74) is 2.01. The molecule has 1 aliphatic carbocycles. The molecule has 0 radical (unpaired) electrons. The smallest absolute Gasteiger partial charge is 0.267 e. The number of hydrogen-bond acceptors (Lipinski definition) is 3. The summed E-state index contributed by atoms with van der Waals surface area (Å²) in [6.45, 7) is 5.42. The van der Waals surface area contributed by atoms with Gasteiger partial charge in [0, 0.05) is 50.6 Å². The number of halogens is 1. The van der Waals surface area contributed by atoms with E-state index in [-0.39, 0.29) is 29.7 Å². The number of aromatic nitrogens is 1. The zero-order valence-electron chi connectivity index (χ0n) is 18.0. The third-order valence-corrected chi connectivity index (χ3v) is 6.93. The molecule has 1 saturated carbocycles. The van der Waals surface area contributed by atoms with E-state index in [0.717, 1.165) is 50.8 Å². The van der Waals surface area contributed by atoms with Crippen LogP contribution in [0.3, 0.4) is 0 Å². The molecule has 2 heterocycles. The molecule has 2 aliphatic rings. The van der Waals surface area contributed by atoms with Crippen LogP contribution in [0.2, 0.25) is 0 Å². The van der Waals surface area contributed by atoms with E-state index in [1.807, 2.05) is 18.9 Å². The monoisotopic (exact) mass is 414 g/mol. The third kappa shape index (κ3) is 4.08. The second-order valence-electron chi connectivity index (χ2n) is 8.89. The van der Waals surface area contributed by atoms with E-state index in [0.29, 0.717) is 22.6 Å². The van der Waals surface area contributed by atoms with Gasteiger partial charge in [-0.05, 0) is 56.7 Å². The Morgan fingerprint density at radius 2 is 2.07 bits per heavy atom. The van der Waals surface area contributed by atoms with Gasteiger partial charge in [-0.15, -0.1) is 0 Å². The van der Waals surface area contributed by atoms with Gasteiger partial charge >= 0.3 is 0 Å². The normalized spacial score (nSPS) is 24.9. The minimum atomic E-state index is -0.317. The van der Waals surface area contributed by atoms with Crippen molar-refractivity contribution in [2.45, 2.75) is 64.1 Å². The summed E-state index contributed by atoms with van der Waals surface area (Å²) in [6.07, 6.45) is 5.07. The van der Waals surface area contributed by atoms with Gasteiger partial charge in [-0.2, -0.15) is 0 Å². The highest BCUT2D eigenvalue weighted by Crippen LogP contribution is 2.28. The molecule has 0 unspecified atom stereocenters. The largest absolute Gasteiger partial charge is 0.350 e. The number of H-pyrrole nitrogens is 1. The number of aryl methyl sites for hydroxylation is 1. The lowest BCUT2D eigenvalue weighted by atomic mass is 9.90. The molecule has 3 atom stereocenters. The van der Waals surface area contributed by atoms with Crippen LogP contribution in [-0.2, 0) is 4.79 Å². The van der Waals surface area contributed by atoms with Gasteiger partial charge in [0.05, 0.1) is 5.52 Å². The van der Waals surface area contributed by atoms with Crippen molar-refractivity contribution in [2.75, 3.05) is 20.1 Å². The summed E-state index contributed by atoms with van der Waals surface area (Å²) in [5.74, 6) is -0.380. The van der Waals surface area contributed by atoms with Crippen molar-refractivity contribution in [1.82, 2.24) is 20.1 Å². The second kappa shape index (κ2) is 8.38. The van der Waals surface area contributed by atoms with Crippen molar-refractivity contribution in [2.24, 2.45) is 0 Å². The number of carbonyl (C=O) groups excluding carboxylic acids is 2. The topological polar surface area (TPSA) is 68.4 Å². The SMILES string of the molecule is CC(=O)N(C)[C@H]1CCN([C@H]2CCC[C@@H](NC(=O)c3cc4c(F)ccc(C)c4[nH]3)C2)C1. The molecule has 1 aromatic heterocycles. The quantitative estimate of drug-likeness (QED) is 0.807. The zero-order chi connectivity index (χ0) is 21.4. The average Bonchev–Trinajstić information content (AvgIpc) is 3.39. The molecule has 2 fully saturated rings. The van der Waals surface area contributed by atoms with Crippen molar-refractivity contribution in [3.63, 3.8) is 0 Å². The second-order valence-corrected chi connectivity index (χ2v) is 8.89. The van der Waals surface area contributed by atoms with E-state index >= 15 is 0 Å². The Morgan fingerprint density at radius 1 is 1.27 bits per heavy atom. The van der Waals surface area contributed by atoms with Crippen molar-refractivity contribution >= 4 is 22.7 Å². The van der Waals surface area contributed by atoms with E-state index in [2.05, 4.69) is 15.2 Å². The van der Waals surface area contributed by atoms with Gasteiger partial charge in [-0.25, -0.2) is 4.39 Å². The van der Waals surface area contributed by atoms with E-state index in [9.17, 15) is 14.0 Å². The van der Waals surface area contributed by atoms with Crippen LogP contribution in [0.1, 0.15) is 55.1 Å². The average molecular weight is 415 g/mol. The maximum atomic E-state index is 14.1. The Bertz CT molecular complexity index is 917. The van der Waals surface area contributed by atoms with Crippen LogP contribution in [0.4, 0.5) is 4.39 Å². The molecule has 6 nitrogen and oxygen atoms in total. The fourth-order valence-corrected chi connectivity index (χ4v) is 5.01. The number of amides is 2. The van der Waals surface area contributed by atoms with Gasteiger partial charge < -0.3 is 15.2 Å². The van der Waals surface area contributed by atoms with E-state index < -0.39 is 0 Å². The van der Waals surface area contributed by atoms with Crippen LogP contribution in [-0.4, -0.2) is 64.9 Å². The Balaban J connectivity index is 1.39. The fourth-order valence-electron chi connectivity index (χ4n) is 5.01. The predicted molar refractivity (Wildman–Crippen MR) is 115 cm³/mol. The van der Waals surface area contributed by atoms with E-state index in [4.69, 9.17) is 0 Å². The fraction of sp³-hybridized carbons (Fsp3) is 0.565. The molecular weight excluding hydrogens is 383 g/mol. The van der Waals surface area contributed by atoms with Crippen molar-refractivity contribution in [1.29, 1.82) is 0 Å². The van der Waals surface area contributed by atoms with Gasteiger partial charge in [0.25, 0.3) is 5.91 Å². The zero-order valence-corrected chi connectivity index (χ0v) is 18.0. The minimum Gasteiger partial charge on any atom is -0.350 e. The lowest BCUT2D eigenvalue weighted by Crippen LogP contribution is -2.46. The molecule has 1 aromatic carbocycles. The van der Waals surface area contributed by atoms with E-state index in [1.165, 1.54) is 6.07 Å². The lowest BCUT2D eigenvalue weighted by molar-refractivity contribution is -0.129. The van der Waals surface area contributed by atoms with E-state index in [1.54, 1.807) is 19.1 Å². The van der Waals surface area contributed by atoms with Gasteiger partial charge in [-0.1, -0.05) is 6.07 Å². The van der Waals surface area contributed by atoms with Gasteiger partial charge in [0.2, 0.25) is 5.91 Å². The highest BCUT2D eigenvalue weighted by Gasteiger charge is 2.34.